The van der Waals surface area contributed by atoms with Gasteiger partial charge in [0.1, 0.15) is 13.2 Å². The van der Waals surface area contributed by atoms with Gasteiger partial charge < -0.3 is 14.0 Å². The molecule has 1 fully saturated rings. The first-order chi connectivity index (χ1) is 16.9. The van der Waals surface area contributed by atoms with E-state index in [4.69, 9.17) is 21.1 Å². The number of piperidine rings is 1. The highest BCUT2D eigenvalue weighted by Crippen LogP contribution is 2.35. The number of nitrogens with zero attached hydrogens (tertiary/aromatic N) is 3. The van der Waals surface area contributed by atoms with E-state index in [-0.39, 0.29) is 17.3 Å². The molecule has 5 rings (SSSR count). The SMILES string of the molecule is C=CCn1c(=NC(=O)C2CCCN(S(=O)(=O)c3ccc(Cl)cc3)C2)sc2cc3c(cc21)OCCO3. The van der Waals surface area contributed by atoms with E-state index >= 15 is 0 Å². The molecule has 1 saturated heterocycles. The van der Waals surface area contributed by atoms with E-state index in [1.807, 2.05) is 16.7 Å². The summed E-state index contributed by atoms with van der Waals surface area (Å²) in [7, 11) is -3.73. The summed E-state index contributed by atoms with van der Waals surface area (Å²) in [6.45, 7) is 5.72. The summed E-state index contributed by atoms with van der Waals surface area (Å²) >= 11 is 7.29. The van der Waals surface area contributed by atoms with Gasteiger partial charge in [0.15, 0.2) is 16.3 Å². The van der Waals surface area contributed by atoms with E-state index < -0.39 is 15.9 Å². The Morgan fingerprint density at radius 3 is 2.63 bits per heavy atom. The van der Waals surface area contributed by atoms with Crippen molar-refractivity contribution in [1.82, 2.24) is 8.87 Å². The molecule has 0 aliphatic carbocycles. The smallest absolute Gasteiger partial charge is 0.252 e. The van der Waals surface area contributed by atoms with Gasteiger partial charge in [-0.1, -0.05) is 29.0 Å². The van der Waals surface area contributed by atoms with Crippen LogP contribution in [0.5, 0.6) is 11.5 Å². The number of rotatable bonds is 5. The van der Waals surface area contributed by atoms with Gasteiger partial charge >= 0.3 is 0 Å². The van der Waals surface area contributed by atoms with E-state index in [1.165, 1.54) is 27.8 Å². The van der Waals surface area contributed by atoms with Crippen molar-refractivity contribution >= 4 is 49.1 Å². The Hall–Kier alpha value is -2.66. The fraction of sp³-hybridized carbons (Fsp3) is 0.333. The van der Waals surface area contributed by atoms with Gasteiger partial charge in [0.05, 0.1) is 21.0 Å². The molecule has 8 nitrogen and oxygen atoms in total. The van der Waals surface area contributed by atoms with Crippen LogP contribution in [0.2, 0.25) is 5.02 Å². The molecule has 1 unspecified atom stereocenters. The minimum atomic E-state index is -3.73. The highest BCUT2D eigenvalue weighted by molar-refractivity contribution is 7.89. The van der Waals surface area contributed by atoms with E-state index in [9.17, 15) is 13.2 Å². The van der Waals surface area contributed by atoms with Gasteiger partial charge in [-0.05, 0) is 37.1 Å². The number of halogens is 1. The van der Waals surface area contributed by atoms with Crippen molar-refractivity contribution in [2.45, 2.75) is 24.3 Å². The first-order valence-electron chi connectivity index (χ1n) is 11.2. The number of amides is 1. The molecule has 11 heteroatoms. The van der Waals surface area contributed by atoms with Gasteiger partial charge in [-0.2, -0.15) is 9.30 Å². The normalized spacial score (nSPS) is 19.1. The minimum Gasteiger partial charge on any atom is -0.486 e. The molecule has 2 aromatic carbocycles. The third-order valence-corrected chi connectivity index (χ3v) is 9.22. The van der Waals surface area contributed by atoms with Crippen LogP contribution in [-0.2, 0) is 21.4 Å². The van der Waals surface area contributed by atoms with Crippen LogP contribution in [0.1, 0.15) is 12.8 Å². The largest absolute Gasteiger partial charge is 0.486 e. The number of fused-ring (bicyclic) bond motifs is 2. The summed E-state index contributed by atoms with van der Waals surface area (Å²) in [4.78, 5) is 18.4. The first-order valence-corrected chi connectivity index (χ1v) is 13.9. The Balaban J connectivity index is 1.45. The van der Waals surface area contributed by atoms with Crippen LogP contribution in [0.25, 0.3) is 10.2 Å². The average Bonchev–Trinajstić information content (AvgIpc) is 3.18. The third-order valence-electron chi connectivity index (χ3n) is 6.05. The van der Waals surface area contributed by atoms with Crippen LogP contribution >= 0.6 is 22.9 Å². The fourth-order valence-corrected chi connectivity index (χ4v) is 7.01. The highest BCUT2D eigenvalue weighted by atomic mass is 35.5. The van der Waals surface area contributed by atoms with Crippen molar-refractivity contribution in [2.75, 3.05) is 26.3 Å². The third kappa shape index (κ3) is 4.75. The van der Waals surface area contributed by atoms with Crippen molar-refractivity contribution in [3.63, 3.8) is 0 Å². The topological polar surface area (TPSA) is 90.2 Å². The maximum Gasteiger partial charge on any atom is 0.252 e. The molecule has 35 heavy (non-hydrogen) atoms. The van der Waals surface area contributed by atoms with Gasteiger partial charge in [-0.3, -0.25) is 4.79 Å². The standard InChI is InChI=1S/C24H24ClN3O5S2/c1-2-9-28-19-13-20-21(33-12-11-32-20)14-22(19)34-24(28)26-23(29)16-4-3-10-27(15-16)35(30,31)18-7-5-17(25)6-8-18/h2,5-8,13-14,16H,1,3-4,9-12,15H2. The Morgan fingerprint density at radius 1 is 1.20 bits per heavy atom. The highest BCUT2D eigenvalue weighted by Gasteiger charge is 2.33. The minimum absolute atomic E-state index is 0.0929. The number of hydrogen-bond donors (Lipinski definition) is 0. The molecule has 1 amide bonds. The number of carbonyl (C=O) groups is 1. The number of carbonyl (C=O) groups excluding carboxylic acids is 1. The van der Waals surface area contributed by atoms with Gasteiger partial charge in [0.25, 0.3) is 5.91 Å². The predicted molar refractivity (Wildman–Crippen MR) is 135 cm³/mol. The Kier molecular flexibility index (Phi) is 6.71. The van der Waals surface area contributed by atoms with Crippen molar-refractivity contribution in [3.8, 4) is 11.5 Å². The zero-order valence-corrected chi connectivity index (χ0v) is 21.2. The van der Waals surface area contributed by atoms with Crippen molar-refractivity contribution in [1.29, 1.82) is 0 Å². The molecule has 0 spiro atoms. The summed E-state index contributed by atoms with van der Waals surface area (Å²) in [6, 6.07) is 9.85. The van der Waals surface area contributed by atoms with Crippen LogP contribution in [-0.4, -0.2) is 49.5 Å². The molecule has 1 atom stereocenters. The maximum absolute atomic E-state index is 13.2. The Bertz CT molecular complexity index is 1460. The second-order valence-electron chi connectivity index (χ2n) is 8.35. The molecular weight excluding hydrogens is 510 g/mol. The lowest BCUT2D eigenvalue weighted by Crippen LogP contribution is -2.42. The zero-order chi connectivity index (χ0) is 24.6. The first kappa shape index (κ1) is 24.1. The van der Waals surface area contributed by atoms with Crippen LogP contribution in [0.4, 0.5) is 0 Å². The Morgan fingerprint density at radius 2 is 1.91 bits per heavy atom. The van der Waals surface area contributed by atoms with Crippen LogP contribution in [0, 0.1) is 5.92 Å². The van der Waals surface area contributed by atoms with Crippen LogP contribution < -0.4 is 14.3 Å². The molecule has 1 aromatic heterocycles. The van der Waals surface area contributed by atoms with Crippen molar-refractivity contribution in [3.05, 3.63) is 58.9 Å². The number of thiazole rings is 1. The molecule has 2 aliphatic rings. The van der Waals surface area contributed by atoms with Crippen LogP contribution in [0.15, 0.2) is 58.9 Å². The molecule has 0 N–H and O–H groups in total. The van der Waals surface area contributed by atoms with Crippen molar-refractivity contribution in [2.24, 2.45) is 10.9 Å². The number of aromatic nitrogens is 1. The van der Waals surface area contributed by atoms with E-state index in [1.54, 1.807) is 18.2 Å². The molecule has 0 radical (unpaired) electrons. The number of allylic oxidation sites excluding steroid dienone is 1. The van der Waals surface area contributed by atoms with Crippen molar-refractivity contribution < 1.29 is 22.7 Å². The van der Waals surface area contributed by atoms with Gasteiger partial charge in [0.2, 0.25) is 10.0 Å². The molecule has 2 aliphatic heterocycles. The lowest BCUT2D eigenvalue weighted by Gasteiger charge is -2.30. The van der Waals surface area contributed by atoms with E-state index in [2.05, 4.69) is 11.6 Å². The number of hydrogen-bond acceptors (Lipinski definition) is 6. The summed E-state index contributed by atoms with van der Waals surface area (Å²) in [5.74, 6) is 0.479. The van der Waals surface area contributed by atoms with Gasteiger partial charge in [0, 0.05) is 36.8 Å². The fourth-order valence-electron chi connectivity index (χ4n) is 4.30. The number of benzene rings is 2. The average molecular weight is 534 g/mol. The summed E-state index contributed by atoms with van der Waals surface area (Å²) in [5, 5.41) is 0.463. The monoisotopic (exact) mass is 533 g/mol. The summed E-state index contributed by atoms with van der Waals surface area (Å²) in [6.07, 6.45) is 2.91. The molecular formula is C24H24ClN3O5S2. The molecule has 3 aromatic rings. The van der Waals surface area contributed by atoms with Gasteiger partial charge in [-0.15, -0.1) is 6.58 Å². The summed E-state index contributed by atoms with van der Waals surface area (Å²) in [5.41, 5.74) is 0.876. The summed E-state index contributed by atoms with van der Waals surface area (Å²) < 4.78 is 41.8. The van der Waals surface area contributed by atoms with E-state index in [0.29, 0.717) is 60.5 Å². The van der Waals surface area contributed by atoms with E-state index in [0.717, 1.165) is 10.2 Å². The second kappa shape index (κ2) is 9.77. The molecule has 3 heterocycles. The Labute approximate surface area is 212 Å². The molecule has 184 valence electrons. The lowest BCUT2D eigenvalue weighted by molar-refractivity contribution is -0.122. The number of ether oxygens (including phenoxy) is 2. The predicted octanol–water partition coefficient (Wildman–Crippen LogP) is 3.84. The van der Waals surface area contributed by atoms with Crippen LogP contribution in [0.3, 0.4) is 0 Å². The quantitative estimate of drug-likeness (QED) is 0.465. The second-order valence-corrected chi connectivity index (χ2v) is 11.7. The number of sulfonamides is 1. The lowest BCUT2D eigenvalue weighted by atomic mass is 9.99. The maximum atomic E-state index is 13.2. The van der Waals surface area contributed by atoms with Gasteiger partial charge in [-0.25, -0.2) is 8.42 Å². The zero-order valence-electron chi connectivity index (χ0n) is 18.9. The molecule has 0 saturated carbocycles. The molecule has 0 bridgehead atoms.